The van der Waals surface area contributed by atoms with Gasteiger partial charge in [0.15, 0.2) is 0 Å². The molecule has 1 atom stereocenters. The standard InChI is InChI=1S/C30H34N2O5/c1-20(21-13-15-22(16-14-21)35-18-17-31-28(33)37-30(2,3)4)32-29(34)36-19-27-25-11-7-5-9-23(25)24-10-6-8-12-26(24)27/h5-16,20,27H,17-19H2,1-4H3,(H,31,33)(H,32,34). The highest BCUT2D eigenvalue weighted by atomic mass is 16.6. The van der Waals surface area contributed by atoms with Crippen LogP contribution in [-0.4, -0.2) is 37.5 Å². The van der Waals surface area contributed by atoms with Crippen LogP contribution in [0.5, 0.6) is 5.75 Å². The third-order valence-corrected chi connectivity index (χ3v) is 6.10. The molecule has 2 amide bonds. The fourth-order valence-corrected chi connectivity index (χ4v) is 4.39. The van der Waals surface area contributed by atoms with Crippen molar-refractivity contribution in [2.45, 2.75) is 45.3 Å². The molecular weight excluding hydrogens is 468 g/mol. The summed E-state index contributed by atoms with van der Waals surface area (Å²) in [6.45, 7) is 8.26. The van der Waals surface area contributed by atoms with Gasteiger partial charge in [-0.25, -0.2) is 9.59 Å². The summed E-state index contributed by atoms with van der Waals surface area (Å²) in [4.78, 5) is 24.3. The minimum Gasteiger partial charge on any atom is -0.492 e. The molecule has 194 valence electrons. The molecule has 4 rings (SSSR count). The van der Waals surface area contributed by atoms with Crippen LogP contribution in [0.3, 0.4) is 0 Å². The van der Waals surface area contributed by atoms with Crippen LogP contribution in [0.15, 0.2) is 72.8 Å². The lowest BCUT2D eigenvalue weighted by atomic mass is 9.98. The van der Waals surface area contributed by atoms with Crippen LogP contribution < -0.4 is 15.4 Å². The zero-order valence-corrected chi connectivity index (χ0v) is 21.7. The number of fused-ring (bicyclic) bond motifs is 3. The van der Waals surface area contributed by atoms with Crippen molar-refractivity contribution in [1.29, 1.82) is 0 Å². The predicted molar refractivity (Wildman–Crippen MR) is 143 cm³/mol. The van der Waals surface area contributed by atoms with Gasteiger partial charge in [0.2, 0.25) is 0 Å². The first kappa shape index (κ1) is 26.1. The molecule has 0 heterocycles. The Kier molecular flexibility index (Phi) is 8.01. The van der Waals surface area contributed by atoms with Gasteiger partial charge >= 0.3 is 12.2 Å². The van der Waals surface area contributed by atoms with E-state index in [-0.39, 0.29) is 18.6 Å². The molecule has 1 unspecified atom stereocenters. The van der Waals surface area contributed by atoms with Gasteiger partial charge in [0.25, 0.3) is 0 Å². The number of hydrogen-bond acceptors (Lipinski definition) is 5. The van der Waals surface area contributed by atoms with Gasteiger partial charge in [0.05, 0.1) is 12.6 Å². The maximum Gasteiger partial charge on any atom is 0.407 e. The molecule has 7 nitrogen and oxygen atoms in total. The fraction of sp³-hybridized carbons (Fsp3) is 0.333. The van der Waals surface area contributed by atoms with Crippen molar-refractivity contribution in [1.82, 2.24) is 10.6 Å². The topological polar surface area (TPSA) is 85.9 Å². The normalized spacial score (nSPS) is 13.2. The van der Waals surface area contributed by atoms with Crippen LogP contribution in [0.4, 0.5) is 9.59 Å². The van der Waals surface area contributed by atoms with Gasteiger partial charge in [-0.1, -0.05) is 60.7 Å². The maximum absolute atomic E-state index is 12.6. The van der Waals surface area contributed by atoms with Crippen molar-refractivity contribution < 1.29 is 23.8 Å². The number of carbonyl (C=O) groups excluding carboxylic acids is 2. The molecule has 3 aromatic rings. The minimum atomic E-state index is -0.536. The molecular formula is C30H34N2O5. The summed E-state index contributed by atoms with van der Waals surface area (Å²) in [6, 6.07) is 23.7. The van der Waals surface area contributed by atoms with Crippen molar-refractivity contribution in [3.63, 3.8) is 0 Å². The van der Waals surface area contributed by atoms with Crippen molar-refractivity contribution in [2.75, 3.05) is 19.8 Å². The Morgan fingerprint density at radius 2 is 1.46 bits per heavy atom. The van der Waals surface area contributed by atoms with E-state index >= 15 is 0 Å². The number of alkyl carbamates (subject to hydrolysis) is 2. The maximum atomic E-state index is 12.6. The summed E-state index contributed by atoms with van der Waals surface area (Å²) in [5.74, 6) is 0.692. The van der Waals surface area contributed by atoms with Crippen LogP contribution in [0.25, 0.3) is 11.1 Å². The fourth-order valence-electron chi connectivity index (χ4n) is 4.39. The Morgan fingerprint density at radius 3 is 2.05 bits per heavy atom. The first-order valence-corrected chi connectivity index (χ1v) is 12.5. The van der Waals surface area contributed by atoms with E-state index in [0.717, 1.165) is 5.56 Å². The number of ether oxygens (including phenoxy) is 3. The van der Waals surface area contributed by atoms with Gasteiger partial charge in [-0.15, -0.1) is 0 Å². The van der Waals surface area contributed by atoms with E-state index in [1.54, 1.807) is 0 Å². The molecule has 0 aliphatic heterocycles. The highest BCUT2D eigenvalue weighted by molar-refractivity contribution is 5.79. The summed E-state index contributed by atoms with van der Waals surface area (Å²) >= 11 is 0. The van der Waals surface area contributed by atoms with Crippen LogP contribution in [-0.2, 0) is 9.47 Å². The third kappa shape index (κ3) is 6.82. The van der Waals surface area contributed by atoms with Crippen molar-refractivity contribution in [3.05, 3.63) is 89.5 Å². The summed E-state index contributed by atoms with van der Waals surface area (Å²) < 4.78 is 16.5. The Labute approximate surface area is 218 Å². The van der Waals surface area contributed by atoms with E-state index < -0.39 is 17.8 Å². The highest BCUT2D eigenvalue weighted by Gasteiger charge is 2.29. The largest absolute Gasteiger partial charge is 0.492 e. The molecule has 0 radical (unpaired) electrons. The second kappa shape index (κ2) is 11.4. The van der Waals surface area contributed by atoms with E-state index in [1.165, 1.54) is 22.3 Å². The lowest BCUT2D eigenvalue weighted by molar-refractivity contribution is 0.0520. The Bertz CT molecular complexity index is 1190. The molecule has 1 aliphatic carbocycles. The second-order valence-corrected chi connectivity index (χ2v) is 10.0. The molecule has 0 aromatic heterocycles. The van der Waals surface area contributed by atoms with Gasteiger partial charge in [0, 0.05) is 5.92 Å². The number of carbonyl (C=O) groups is 2. The van der Waals surface area contributed by atoms with Gasteiger partial charge < -0.3 is 24.8 Å². The van der Waals surface area contributed by atoms with E-state index in [2.05, 4.69) is 34.9 Å². The lowest BCUT2D eigenvalue weighted by Gasteiger charge is -2.19. The number of amides is 2. The average Bonchev–Trinajstić information content (AvgIpc) is 3.18. The molecule has 0 spiro atoms. The quantitative estimate of drug-likeness (QED) is 0.359. The number of nitrogens with one attached hydrogen (secondary N) is 2. The van der Waals surface area contributed by atoms with Crippen molar-refractivity contribution in [2.24, 2.45) is 0 Å². The van der Waals surface area contributed by atoms with Gasteiger partial charge in [-0.2, -0.15) is 0 Å². The van der Waals surface area contributed by atoms with Crippen molar-refractivity contribution >= 4 is 12.2 Å². The van der Waals surface area contributed by atoms with Gasteiger partial charge in [-0.05, 0) is 67.6 Å². The second-order valence-electron chi connectivity index (χ2n) is 10.0. The van der Waals surface area contributed by atoms with Crippen LogP contribution in [0.1, 0.15) is 56.3 Å². The van der Waals surface area contributed by atoms with E-state index in [9.17, 15) is 9.59 Å². The molecule has 7 heteroatoms. The highest BCUT2D eigenvalue weighted by Crippen LogP contribution is 2.44. The third-order valence-electron chi connectivity index (χ3n) is 6.10. The number of benzene rings is 3. The summed E-state index contributed by atoms with van der Waals surface area (Å²) in [5.41, 5.74) is 5.15. The zero-order chi connectivity index (χ0) is 26.4. The molecule has 0 saturated heterocycles. The van der Waals surface area contributed by atoms with E-state index in [1.807, 2.05) is 76.2 Å². The Hall–Kier alpha value is -4.00. The zero-order valence-electron chi connectivity index (χ0n) is 21.7. The molecule has 0 bridgehead atoms. The Morgan fingerprint density at radius 1 is 0.865 bits per heavy atom. The molecule has 0 fully saturated rings. The predicted octanol–water partition coefficient (Wildman–Crippen LogP) is 6.19. The molecule has 1 aliphatic rings. The summed E-state index contributed by atoms with van der Waals surface area (Å²) in [6.07, 6.45) is -0.928. The number of rotatable bonds is 8. The van der Waals surface area contributed by atoms with Crippen LogP contribution in [0, 0.1) is 0 Å². The number of hydrogen-bond donors (Lipinski definition) is 2. The van der Waals surface area contributed by atoms with Crippen molar-refractivity contribution in [3.8, 4) is 16.9 Å². The minimum absolute atomic E-state index is 0.0229. The van der Waals surface area contributed by atoms with Crippen LogP contribution in [0.2, 0.25) is 0 Å². The average molecular weight is 503 g/mol. The van der Waals surface area contributed by atoms with Crippen LogP contribution >= 0.6 is 0 Å². The SMILES string of the molecule is CC(NC(=O)OCC1c2ccccc2-c2ccccc21)c1ccc(OCCNC(=O)OC(C)(C)C)cc1. The first-order chi connectivity index (χ1) is 17.7. The first-order valence-electron chi connectivity index (χ1n) is 12.5. The van der Waals surface area contributed by atoms with E-state index in [4.69, 9.17) is 14.2 Å². The summed E-state index contributed by atoms with van der Waals surface area (Å²) in [7, 11) is 0. The summed E-state index contributed by atoms with van der Waals surface area (Å²) in [5, 5.41) is 5.56. The molecule has 3 aromatic carbocycles. The smallest absolute Gasteiger partial charge is 0.407 e. The Balaban J connectivity index is 1.23. The monoisotopic (exact) mass is 502 g/mol. The molecule has 0 saturated carbocycles. The molecule has 2 N–H and O–H groups in total. The lowest BCUT2D eigenvalue weighted by Crippen LogP contribution is -2.34. The molecule has 37 heavy (non-hydrogen) atoms. The van der Waals surface area contributed by atoms with Gasteiger partial charge in [0.1, 0.15) is 24.6 Å². The van der Waals surface area contributed by atoms with E-state index in [0.29, 0.717) is 18.9 Å². The van der Waals surface area contributed by atoms with Gasteiger partial charge in [-0.3, -0.25) is 0 Å².